The first-order valence-corrected chi connectivity index (χ1v) is 8.79. The number of aromatic nitrogens is 3. The van der Waals surface area contributed by atoms with Crippen molar-refractivity contribution in [2.45, 2.75) is 0 Å². The number of rotatable bonds is 6. The average molecular weight is 370 g/mol. The molecule has 0 radical (unpaired) electrons. The molecule has 0 saturated carbocycles. The SMILES string of the molecule is C=CCOc1ccccc1C(=O)Nc1ccc(-n2cnc3ccccc32)nc1. The van der Waals surface area contributed by atoms with Crippen molar-refractivity contribution in [2.24, 2.45) is 0 Å². The molecule has 0 spiro atoms. The molecule has 1 N–H and O–H groups in total. The summed E-state index contributed by atoms with van der Waals surface area (Å²) in [5, 5.41) is 2.85. The minimum absolute atomic E-state index is 0.262. The Kier molecular flexibility index (Phi) is 4.84. The van der Waals surface area contributed by atoms with Gasteiger partial charge in [0.25, 0.3) is 5.91 Å². The number of pyridine rings is 1. The van der Waals surface area contributed by atoms with E-state index in [1.54, 1.807) is 36.8 Å². The lowest BCUT2D eigenvalue weighted by Crippen LogP contribution is -2.14. The van der Waals surface area contributed by atoms with Gasteiger partial charge in [0.2, 0.25) is 0 Å². The topological polar surface area (TPSA) is 69.0 Å². The van der Waals surface area contributed by atoms with Crippen molar-refractivity contribution in [3.63, 3.8) is 0 Å². The maximum absolute atomic E-state index is 12.6. The number of carbonyl (C=O) groups is 1. The first kappa shape index (κ1) is 17.5. The number of para-hydroxylation sites is 3. The largest absolute Gasteiger partial charge is 0.489 e. The van der Waals surface area contributed by atoms with Gasteiger partial charge in [0.1, 0.15) is 24.5 Å². The molecule has 0 atom stereocenters. The minimum Gasteiger partial charge on any atom is -0.489 e. The summed E-state index contributed by atoms with van der Waals surface area (Å²) in [7, 11) is 0. The standard InChI is InChI=1S/C22H18N4O2/c1-2-13-28-20-10-6-3-7-17(20)22(27)25-16-11-12-21(23-14-16)26-15-24-18-8-4-5-9-19(18)26/h2-12,14-15H,1,13H2,(H,25,27). The summed E-state index contributed by atoms with van der Waals surface area (Å²) in [6, 6.07) is 18.6. The number of nitrogens with zero attached hydrogens (tertiary/aromatic N) is 3. The lowest BCUT2D eigenvalue weighted by atomic mass is 10.2. The van der Waals surface area contributed by atoms with E-state index in [-0.39, 0.29) is 5.91 Å². The second kappa shape index (κ2) is 7.75. The highest BCUT2D eigenvalue weighted by Crippen LogP contribution is 2.21. The Morgan fingerprint density at radius 3 is 2.71 bits per heavy atom. The highest BCUT2D eigenvalue weighted by atomic mass is 16.5. The molecule has 6 nitrogen and oxygen atoms in total. The third kappa shape index (κ3) is 3.48. The lowest BCUT2D eigenvalue weighted by molar-refractivity contribution is 0.102. The maximum atomic E-state index is 12.6. The van der Waals surface area contributed by atoms with Crippen LogP contribution in [0.5, 0.6) is 5.75 Å². The number of benzene rings is 2. The van der Waals surface area contributed by atoms with Crippen LogP contribution in [0.3, 0.4) is 0 Å². The zero-order valence-corrected chi connectivity index (χ0v) is 15.1. The molecule has 0 aliphatic rings. The number of carbonyl (C=O) groups excluding carboxylic acids is 1. The van der Waals surface area contributed by atoms with E-state index in [9.17, 15) is 4.79 Å². The number of imidazole rings is 1. The normalized spacial score (nSPS) is 10.6. The number of amides is 1. The fourth-order valence-corrected chi connectivity index (χ4v) is 2.87. The lowest BCUT2D eigenvalue weighted by Gasteiger charge is -2.11. The summed E-state index contributed by atoms with van der Waals surface area (Å²) in [5.41, 5.74) is 2.92. The molecule has 138 valence electrons. The van der Waals surface area contributed by atoms with Crippen LogP contribution >= 0.6 is 0 Å². The molecular weight excluding hydrogens is 352 g/mol. The first-order valence-electron chi connectivity index (χ1n) is 8.79. The molecule has 4 aromatic rings. The average Bonchev–Trinajstić information content (AvgIpc) is 3.17. The van der Waals surface area contributed by atoms with Crippen LogP contribution in [0.1, 0.15) is 10.4 Å². The number of hydrogen-bond donors (Lipinski definition) is 1. The van der Waals surface area contributed by atoms with Crippen LogP contribution in [0.2, 0.25) is 0 Å². The predicted molar refractivity (Wildman–Crippen MR) is 109 cm³/mol. The van der Waals surface area contributed by atoms with Crippen LogP contribution in [0.4, 0.5) is 5.69 Å². The highest BCUT2D eigenvalue weighted by Gasteiger charge is 2.13. The van der Waals surface area contributed by atoms with Crippen LogP contribution < -0.4 is 10.1 Å². The molecule has 6 heteroatoms. The van der Waals surface area contributed by atoms with Crippen molar-refractivity contribution in [2.75, 3.05) is 11.9 Å². The van der Waals surface area contributed by atoms with Gasteiger partial charge in [-0.3, -0.25) is 9.36 Å². The van der Waals surface area contributed by atoms with Crippen LogP contribution in [0.25, 0.3) is 16.9 Å². The van der Waals surface area contributed by atoms with E-state index < -0.39 is 0 Å². The van der Waals surface area contributed by atoms with Crippen molar-refractivity contribution >= 4 is 22.6 Å². The Morgan fingerprint density at radius 2 is 1.89 bits per heavy atom. The van der Waals surface area contributed by atoms with Gasteiger partial charge >= 0.3 is 0 Å². The van der Waals surface area contributed by atoms with Gasteiger partial charge in [0.05, 0.1) is 28.5 Å². The van der Waals surface area contributed by atoms with E-state index >= 15 is 0 Å². The summed E-state index contributed by atoms with van der Waals surface area (Å²) < 4.78 is 7.45. The number of fused-ring (bicyclic) bond motifs is 1. The third-order valence-electron chi connectivity index (χ3n) is 4.19. The van der Waals surface area contributed by atoms with Gasteiger partial charge in [-0.15, -0.1) is 0 Å². The molecule has 2 heterocycles. The van der Waals surface area contributed by atoms with Gasteiger partial charge < -0.3 is 10.1 Å². The van der Waals surface area contributed by atoms with Gasteiger partial charge in [-0.2, -0.15) is 0 Å². The number of nitrogens with one attached hydrogen (secondary N) is 1. The third-order valence-corrected chi connectivity index (χ3v) is 4.19. The van der Waals surface area contributed by atoms with Crippen molar-refractivity contribution in [3.8, 4) is 11.6 Å². The van der Waals surface area contributed by atoms with Crippen LogP contribution in [0, 0.1) is 0 Å². The first-order chi connectivity index (χ1) is 13.8. The smallest absolute Gasteiger partial charge is 0.259 e. The Bertz CT molecular complexity index is 1130. The Labute approximate surface area is 162 Å². The molecular formula is C22H18N4O2. The molecule has 0 unspecified atom stereocenters. The maximum Gasteiger partial charge on any atom is 0.259 e. The second-order valence-electron chi connectivity index (χ2n) is 6.06. The van der Waals surface area contributed by atoms with Crippen LogP contribution in [0.15, 0.2) is 85.8 Å². The summed E-state index contributed by atoms with van der Waals surface area (Å²) in [6.45, 7) is 3.96. The quantitative estimate of drug-likeness (QED) is 0.516. The zero-order chi connectivity index (χ0) is 19.3. The monoisotopic (exact) mass is 370 g/mol. The van der Waals surface area contributed by atoms with Crippen LogP contribution in [-0.4, -0.2) is 27.0 Å². The number of ether oxygens (including phenoxy) is 1. The number of hydrogen-bond acceptors (Lipinski definition) is 4. The molecule has 4 rings (SSSR count). The minimum atomic E-state index is -0.262. The van der Waals surface area contributed by atoms with E-state index in [0.717, 1.165) is 16.9 Å². The molecule has 0 aliphatic carbocycles. The van der Waals surface area contributed by atoms with E-state index in [0.29, 0.717) is 23.6 Å². The number of anilines is 1. The summed E-state index contributed by atoms with van der Waals surface area (Å²) in [4.78, 5) is 21.5. The van der Waals surface area contributed by atoms with Gasteiger partial charge in [-0.05, 0) is 36.4 Å². The van der Waals surface area contributed by atoms with Crippen molar-refractivity contribution in [3.05, 3.63) is 91.4 Å². The molecule has 0 saturated heterocycles. The summed E-state index contributed by atoms with van der Waals surface area (Å²) in [5.74, 6) is 0.970. The molecule has 0 bridgehead atoms. The fourth-order valence-electron chi connectivity index (χ4n) is 2.87. The van der Waals surface area contributed by atoms with Crippen LogP contribution in [-0.2, 0) is 0 Å². The van der Waals surface area contributed by atoms with Crippen molar-refractivity contribution in [1.82, 2.24) is 14.5 Å². The van der Waals surface area contributed by atoms with Gasteiger partial charge in [0, 0.05) is 0 Å². The zero-order valence-electron chi connectivity index (χ0n) is 15.1. The van der Waals surface area contributed by atoms with E-state index in [1.807, 2.05) is 47.0 Å². The summed E-state index contributed by atoms with van der Waals surface area (Å²) >= 11 is 0. The molecule has 1 amide bonds. The van der Waals surface area contributed by atoms with Crippen molar-refractivity contribution < 1.29 is 9.53 Å². The van der Waals surface area contributed by atoms with E-state index in [1.165, 1.54) is 0 Å². The Morgan fingerprint density at radius 1 is 1.07 bits per heavy atom. The van der Waals surface area contributed by atoms with Gasteiger partial charge in [-0.25, -0.2) is 9.97 Å². The molecule has 0 fully saturated rings. The van der Waals surface area contributed by atoms with Gasteiger partial charge in [-0.1, -0.05) is 36.9 Å². The highest BCUT2D eigenvalue weighted by molar-refractivity contribution is 6.06. The van der Waals surface area contributed by atoms with Crippen molar-refractivity contribution in [1.29, 1.82) is 0 Å². The molecule has 28 heavy (non-hydrogen) atoms. The van der Waals surface area contributed by atoms with Gasteiger partial charge in [0.15, 0.2) is 0 Å². The molecule has 2 aromatic heterocycles. The molecule has 0 aliphatic heterocycles. The Balaban J connectivity index is 1.54. The van der Waals surface area contributed by atoms with E-state index in [2.05, 4.69) is 21.9 Å². The Hall–Kier alpha value is -3.93. The van der Waals surface area contributed by atoms with E-state index in [4.69, 9.17) is 4.74 Å². The second-order valence-corrected chi connectivity index (χ2v) is 6.06. The fraction of sp³-hybridized carbons (Fsp3) is 0.0455. The predicted octanol–water partition coefficient (Wildman–Crippen LogP) is 4.24. The summed E-state index contributed by atoms with van der Waals surface area (Å²) in [6.07, 6.45) is 4.99. The molecule has 2 aromatic carbocycles.